The second-order valence-corrected chi connectivity index (χ2v) is 7.46. The van der Waals surface area contributed by atoms with Crippen LogP contribution >= 0.6 is 0 Å². The Bertz CT molecular complexity index is 914. The Kier molecular flexibility index (Phi) is 6.85. The summed E-state index contributed by atoms with van der Waals surface area (Å²) in [6.45, 7) is 5.11. The van der Waals surface area contributed by atoms with Crippen molar-refractivity contribution in [3.8, 4) is 0 Å². The molecule has 0 aliphatic heterocycles. The normalized spacial score (nSPS) is 11.3. The summed E-state index contributed by atoms with van der Waals surface area (Å²) in [6.07, 6.45) is 2.14. The van der Waals surface area contributed by atoms with Crippen LogP contribution in [0.1, 0.15) is 33.6 Å². The van der Waals surface area contributed by atoms with Crippen molar-refractivity contribution in [2.24, 2.45) is 5.73 Å². The highest BCUT2D eigenvalue weighted by molar-refractivity contribution is 5.98. The number of hydrogen-bond donors (Lipinski definition) is 3. The van der Waals surface area contributed by atoms with E-state index in [0.29, 0.717) is 18.8 Å². The fraction of sp³-hybridized carbons (Fsp3) is 0.348. The van der Waals surface area contributed by atoms with Crippen molar-refractivity contribution in [3.63, 3.8) is 0 Å². The van der Waals surface area contributed by atoms with E-state index in [4.69, 9.17) is 5.73 Å². The van der Waals surface area contributed by atoms with E-state index in [1.54, 1.807) is 0 Å². The van der Waals surface area contributed by atoms with Crippen LogP contribution in [0, 0.1) is 6.92 Å². The van der Waals surface area contributed by atoms with E-state index in [0.717, 1.165) is 36.8 Å². The van der Waals surface area contributed by atoms with Crippen LogP contribution in [-0.4, -0.2) is 42.5 Å². The van der Waals surface area contributed by atoms with Gasteiger partial charge in [0.05, 0.1) is 0 Å². The zero-order valence-electron chi connectivity index (χ0n) is 16.8. The number of carbonyl (C=O) groups is 1. The molecule has 0 atom stereocenters. The number of amides is 1. The van der Waals surface area contributed by atoms with Gasteiger partial charge in [0.2, 0.25) is 0 Å². The molecule has 5 heteroatoms. The zero-order valence-corrected chi connectivity index (χ0v) is 16.8. The number of benzene rings is 2. The van der Waals surface area contributed by atoms with Gasteiger partial charge in [-0.3, -0.25) is 4.79 Å². The van der Waals surface area contributed by atoms with Gasteiger partial charge in [0.15, 0.2) is 0 Å². The minimum Gasteiger partial charge on any atom is -0.351 e. The number of aromatic nitrogens is 1. The summed E-state index contributed by atoms with van der Waals surface area (Å²) >= 11 is 0. The molecule has 28 heavy (non-hydrogen) atoms. The summed E-state index contributed by atoms with van der Waals surface area (Å²) in [5, 5.41) is 4.07. The Labute approximate surface area is 166 Å². The second kappa shape index (κ2) is 9.53. The highest BCUT2D eigenvalue weighted by Gasteiger charge is 2.09. The van der Waals surface area contributed by atoms with Gasteiger partial charge in [-0.05, 0) is 62.7 Å². The molecule has 148 valence electrons. The van der Waals surface area contributed by atoms with Crippen LogP contribution in [0.3, 0.4) is 0 Å². The highest BCUT2D eigenvalue weighted by Crippen LogP contribution is 2.16. The maximum atomic E-state index is 12.4. The quantitative estimate of drug-likeness (QED) is 0.535. The van der Waals surface area contributed by atoms with Crippen LogP contribution in [-0.2, 0) is 13.0 Å². The van der Waals surface area contributed by atoms with Crippen LogP contribution in [0.4, 0.5) is 0 Å². The molecule has 0 aliphatic rings. The minimum atomic E-state index is -0.0535. The summed E-state index contributed by atoms with van der Waals surface area (Å²) in [7, 11) is 2.09. The van der Waals surface area contributed by atoms with Crippen molar-refractivity contribution in [2.45, 2.75) is 26.3 Å². The number of hydrogen-bond acceptors (Lipinski definition) is 3. The lowest BCUT2D eigenvalue weighted by molar-refractivity contribution is 0.0945. The molecule has 0 spiro atoms. The standard InChI is InChI=1S/C23H30N4O/c1-17-5-10-21-20(14-17)15-22(26-21)23(28)25-11-13-27(2)12-3-4-18-6-8-19(16-24)9-7-18/h5-10,14-15,26H,3-4,11-13,16,24H2,1-2H3,(H,25,28). The molecule has 0 saturated heterocycles. The molecule has 4 N–H and O–H groups in total. The first-order chi connectivity index (χ1) is 13.5. The molecule has 0 aliphatic carbocycles. The van der Waals surface area contributed by atoms with Gasteiger partial charge < -0.3 is 20.9 Å². The lowest BCUT2D eigenvalue weighted by atomic mass is 10.1. The number of likely N-dealkylation sites (N-methyl/N-ethyl adjacent to an activating group) is 1. The van der Waals surface area contributed by atoms with Crippen LogP contribution in [0.15, 0.2) is 48.5 Å². The van der Waals surface area contributed by atoms with Crippen LogP contribution in [0.25, 0.3) is 10.9 Å². The third-order valence-electron chi connectivity index (χ3n) is 5.06. The van der Waals surface area contributed by atoms with Crippen molar-refractivity contribution < 1.29 is 4.79 Å². The van der Waals surface area contributed by atoms with Crippen molar-refractivity contribution in [1.29, 1.82) is 0 Å². The Hall–Kier alpha value is -2.63. The molecule has 0 fully saturated rings. The summed E-state index contributed by atoms with van der Waals surface area (Å²) in [6, 6.07) is 16.6. The molecule has 0 unspecified atom stereocenters. The summed E-state index contributed by atoms with van der Waals surface area (Å²) < 4.78 is 0. The van der Waals surface area contributed by atoms with Gasteiger partial charge in [0.1, 0.15) is 5.69 Å². The third-order valence-corrected chi connectivity index (χ3v) is 5.06. The number of nitrogens with two attached hydrogens (primary N) is 1. The van der Waals surface area contributed by atoms with Crippen LogP contribution < -0.4 is 11.1 Å². The minimum absolute atomic E-state index is 0.0535. The van der Waals surface area contributed by atoms with E-state index in [-0.39, 0.29) is 5.91 Å². The van der Waals surface area contributed by atoms with Crippen molar-refractivity contribution in [3.05, 3.63) is 70.9 Å². The summed E-state index contributed by atoms with van der Waals surface area (Å²) in [4.78, 5) is 17.8. The fourth-order valence-electron chi connectivity index (χ4n) is 3.34. The van der Waals surface area contributed by atoms with E-state index in [2.05, 4.69) is 59.5 Å². The van der Waals surface area contributed by atoms with Gasteiger partial charge in [-0.1, -0.05) is 35.9 Å². The molecular weight excluding hydrogens is 348 g/mol. The molecule has 3 aromatic rings. The van der Waals surface area contributed by atoms with Gasteiger partial charge in [0.25, 0.3) is 5.91 Å². The van der Waals surface area contributed by atoms with E-state index >= 15 is 0 Å². The fourth-order valence-corrected chi connectivity index (χ4v) is 3.34. The molecular formula is C23H30N4O. The van der Waals surface area contributed by atoms with E-state index in [9.17, 15) is 4.79 Å². The van der Waals surface area contributed by atoms with Gasteiger partial charge in [-0.2, -0.15) is 0 Å². The van der Waals surface area contributed by atoms with Gasteiger partial charge >= 0.3 is 0 Å². The lowest BCUT2D eigenvalue weighted by Crippen LogP contribution is -2.33. The van der Waals surface area contributed by atoms with Gasteiger partial charge in [-0.25, -0.2) is 0 Å². The zero-order chi connectivity index (χ0) is 19.9. The largest absolute Gasteiger partial charge is 0.351 e. The Morgan fingerprint density at radius 2 is 1.82 bits per heavy atom. The highest BCUT2D eigenvalue weighted by atomic mass is 16.1. The number of nitrogens with zero attached hydrogens (tertiary/aromatic N) is 1. The predicted molar refractivity (Wildman–Crippen MR) is 116 cm³/mol. The first-order valence-electron chi connectivity index (χ1n) is 9.89. The second-order valence-electron chi connectivity index (χ2n) is 7.46. The van der Waals surface area contributed by atoms with E-state index < -0.39 is 0 Å². The summed E-state index contributed by atoms with van der Waals surface area (Å²) in [5.41, 5.74) is 10.9. The lowest BCUT2D eigenvalue weighted by Gasteiger charge is -2.16. The molecule has 2 aromatic carbocycles. The number of fused-ring (bicyclic) bond motifs is 1. The van der Waals surface area contributed by atoms with Crippen LogP contribution in [0.5, 0.6) is 0 Å². The van der Waals surface area contributed by atoms with Crippen LogP contribution in [0.2, 0.25) is 0 Å². The van der Waals surface area contributed by atoms with E-state index in [1.807, 2.05) is 18.2 Å². The van der Waals surface area contributed by atoms with Crippen molar-refractivity contribution in [1.82, 2.24) is 15.2 Å². The smallest absolute Gasteiger partial charge is 0.267 e. The number of nitrogens with one attached hydrogen (secondary N) is 2. The number of aromatic amines is 1. The maximum Gasteiger partial charge on any atom is 0.267 e. The van der Waals surface area contributed by atoms with E-state index in [1.165, 1.54) is 16.7 Å². The average Bonchev–Trinajstić information content (AvgIpc) is 3.11. The molecule has 0 radical (unpaired) electrons. The van der Waals surface area contributed by atoms with Gasteiger partial charge in [0, 0.05) is 30.5 Å². The number of rotatable bonds is 9. The topological polar surface area (TPSA) is 74.2 Å². The molecule has 0 bridgehead atoms. The number of H-pyrrole nitrogens is 1. The Morgan fingerprint density at radius 3 is 2.57 bits per heavy atom. The van der Waals surface area contributed by atoms with Crippen molar-refractivity contribution >= 4 is 16.8 Å². The monoisotopic (exact) mass is 378 g/mol. The molecule has 1 heterocycles. The summed E-state index contributed by atoms with van der Waals surface area (Å²) in [5.74, 6) is -0.0535. The Balaban J connectivity index is 1.37. The molecule has 0 saturated carbocycles. The SMILES string of the molecule is Cc1ccc2[nH]c(C(=O)NCCN(C)CCCc3ccc(CN)cc3)cc2c1. The van der Waals surface area contributed by atoms with Gasteiger partial charge in [-0.15, -0.1) is 0 Å². The Morgan fingerprint density at radius 1 is 1.07 bits per heavy atom. The molecule has 1 aromatic heterocycles. The first-order valence-corrected chi connectivity index (χ1v) is 9.89. The third kappa shape index (κ3) is 5.44. The van der Waals surface area contributed by atoms with Crippen molar-refractivity contribution in [2.75, 3.05) is 26.7 Å². The first kappa shape index (κ1) is 20.1. The number of aryl methyl sites for hydroxylation is 2. The molecule has 5 nitrogen and oxygen atoms in total. The predicted octanol–water partition coefficient (Wildman–Crippen LogP) is 3.23. The average molecular weight is 379 g/mol. The molecule has 3 rings (SSSR count). The molecule has 1 amide bonds. The number of carbonyl (C=O) groups excluding carboxylic acids is 1. The maximum absolute atomic E-state index is 12.4.